The number of ether oxygens (including phenoxy) is 6. The zero-order chi connectivity index (χ0) is 30.5. The van der Waals surface area contributed by atoms with Gasteiger partial charge in [-0.25, -0.2) is 0 Å². The van der Waals surface area contributed by atoms with E-state index in [4.69, 9.17) is 28.4 Å². The van der Waals surface area contributed by atoms with Crippen molar-refractivity contribution in [2.24, 2.45) is 0 Å². The molecule has 1 N–H and O–H groups in total. The highest BCUT2D eigenvalue weighted by Crippen LogP contribution is 2.33. The van der Waals surface area contributed by atoms with Crippen molar-refractivity contribution in [1.29, 1.82) is 0 Å². The summed E-state index contributed by atoms with van der Waals surface area (Å²) in [5.74, 6) is -3.23. The molecule has 0 saturated carbocycles. The molecule has 1 fully saturated rings. The quantitative estimate of drug-likeness (QED) is 0.319. The number of carbonyl (C=O) groups is 5. The Hall–Kier alpha value is -3.97. The maximum atomic E-state index is 12.9. The normalized spacial score (nSPS) is 21.3. The van der Waals surface area contributed by atoms with Gasteiger partial charge in [0.1, 0.15) is 23.3 Å². The minimum Gasteiger partial charge on any atom is -0.463 e. The molecule has 13 heteroatoms. The predicted molar refractivity (Wildman–Crippen MR) is 146 cm³/mol. The van der Waals surface area contributed by atoms with Crippen LogP contribution in [0.2, 0.25) is 0 Å². The van der Waals surface area contributed by atoms with Crippen molar-refractivity contribution in [2.45, 2.75) is 78.8 Å². The largest absolute Gasteiger partial charge is 0.463 e. The molecule has 224 valence electrons. The van der Waals surface area contributed by atoms with E-state index in [1.807, 2.05) is 44.2 Å². The number of hydrogen-bond donors (Lipinski definition) is 1. The van der Waals surface area contributed by atoms with Crippen LogP contribution in [-0.4, -0.2) is 67.1 Å². The molecule has 0 aliphatic carbocycles. The second kappa shape index (κ2) is 16.3. The Morgan fingerprint density at radius 1 is 0.805 bits per heavy atom. The maximum absolute atomic E-state index is 12.9. The van der Waals surface area contributed by atoms with E-state index >= 15 is 0 Å². The molecule has 1 aliphatic rings. The fourth-order valence-corrected chi connectivity index (χ4v) is 4.56. The van der Waals surface area contributed by atoms with Crippen molar-refractivity contribution in [3.05, 3.63) is 52.2 Å². The Balaban J connectivity index is 0.00000287. The van der Waals surface area contributed by atoms with Crippen LogP contribution in [0.5, 0.6) is 5.75 Å². The van der Waals surface area contributed by atoms with E-state index in [9.17, 15) is 24.0 Å². The smallest absolute Gasteiger partial charge is 0.303 e. The van der Waals surface area contributed by atoms with Crippen LogP contribution in [-0.2, 0) is 49.4 Å². The van der Waals surface area contributed by atoms with Gasteiger partial charge >= 0.3 is 23.9 Å². The van der Waals surface area contributed by atoms with E-state index in [2.05, 4.69) is 5.32 Å². The highest BCUT2D eigenvalue weighted by Gasteiger charge is 2.53. The van der Waals surface area contributed by atoms with Gasteiger partial charge in [-0.05, 0) is 17.0 Å². The molecule has 1 aromatic carbocycles. The van der Waals surface area contributed by atoms with Crippen LogP contribution in [0.15, 0.2) is 41.8 Å². The highest BCUT2D eigenvalue weighted by atomic mass is 32.1. The molecule has 3 rings (SSSR count). The van der Waals surface area contributed by atoms with Gasteiger partial charge in [0, 0.05) is 34.2 Å². The van der Waals surface area contributed by atoms with E-state index in [0.29, 0.717) is 0 Å². The van der Waals surface area contributed by atoms with Crippen LogP contribution in [0.4, 0.5) is 0 Å². The Bertz CT molecular complexity index is 1180. The first-order chi connectivity index (χ1) is 19.5. The van der Waals surface area contributed by atoms with Crippen LogP contribution in [0.3, 0.4) is 0 Å². The van der Waals surface area contributed by atoms with Gasteiger partial charge < -0.3 is 33.7 Å². The highest BCUT2D eigenvalue weighted by molar-refractivity contribution is 7.12. The lowest BCUT2D eigenvalue weighted by Crippen LogP contribution is -2.63. The average molecular weight is 594 g/mol. The molecule has 2 aromatic rings. The standard InChI is InChI=1S/C26H29NO11S.C2H6/c1-14(28)33-13-20-21(34-15(2)29)22(35-16(3)30)23(36-17(4)31)26(38-20)37-19-10-11-39-24(19)25(32)27-12-18-8-6-5-7-9-18;1-2/h5-11,20-23,26H,12-13H2,1-4H3,(H,27,32);1-2H3. The Morgan fingerprint density at radius 3 is 1.98 bits per heavy atom. The second-order valence-electron chi connectivity index (χ2n) is 8.47. The molecular formula is C28H35NO11S. The summed E-state index contributed by atoms with van der Waals surface area (Å²) in [6.07, 6.45) is -6.73. The minimum absolute atomic E-state index is 0.103. The fourth-order valence-electron chi connectivity index (χ4n) is 3.82. The molecule has 12 nitrogen and oxygen atoms in total. The third-order valence-corrected chi connectivity index (χ3v) is 6.22. The first-order valence-electron chi connectivity index (χ1n) is 12.9. The van der Waals surface area contributed by atoms with Crippen molar-refractivity contribution in [2.75, 3.05) is 6.61 Å². The lowest BCUT2D eigenvalue weighted by Gasteiger charge is -2.43. The van der Waals surface area contributed by atoms with Crippen LogP contribution in [0, 0.1) is 0 Å². The van der Waals surface area contributed by atoms with Crippen LogP contribution in [0.25, 0.3) is 0 Å². The summed E-state index contributed by atoms with van der Waals surface area (Å²) in [5, 5.41) is 4.43. The molecule has 1 saturated heterocycles. The summed E-state index contributed by atoms with van der Waals surface area (Å²) >= 11 is 1.11. The molecule has 1 amide bonds. The second-order valence-corrected chi connectivity index (χ2v) is 9.38. The summed E-state index contributed by atoms with van der Waals surface area (Å²) in [5.41, 5.74) is 0.893. The lowest BCUT2D eigenvalue weighted by atomic mass is 9.98. The SMILES string of the molecule is CC.CC(=O)OCC1OC(Oc2ccsc2C(=O)NCc2ccccc2)C(OC(C)=O)C(OC(C)=O)C1OC(C)=O. The predicted octanol–water partition coefficient (Wildman–Crippen LogP) is 3.17. The summed E-state index contributed by atoms with van der Waals surface area (Å²) in [6, 6.07) is 10.8. The van der Waals surface area contributed by atoms with Crippen LogP contribution >= 0.6 is 11.3 Å². The van der Waals surface area contributed by atoms with Crippen molar-refractivity contribution in [3.8, 4) is 5.75 Å². The Labute approximate surface area is 242 Å². The summed E-state index contributed by atoms with van der Waals surface area (Å²) in [7, 11) is 0. The van der Waals surface area contributed by atoms with Crippen LogP contribution in [0.1, 0.15) is 56.8 Å². The van der Waals surface area contributed by atoms with Gasteiger partial charge in [-0.15, -0.1) is 11.3 Å². The first-order valence-corrected chi connectivity index (χ1v) is 13.8. The Kier molecular flexibility index (Phi) is 13.2. The number of rotatable bonds is 10. The van der Waals surface area contributed by atoms with Gasteiger partial charge in [0.25, 0.3) is 5.91 Å². The number of esters is 4. The van der Waals surface area contributed by atoms with Gasteiger partial charge in [0.05, 0.1) is 0 Å². The van der Waals surface area contributed by atoms with Crippen LogP contribution < -0.4 is 10.1 Å². The lowest BCUT2D eigenvalue weighted by molar-refractivity contribution is -0.288. The number of carbonyl (C=O) groups excluding carboxylic acids is 5. The Morgan fingerprint density at radius 2 is 1.39 bits per heavy atom. The van der Waals surface area contributed by atoms with Gasteiger partial charge in [-0.1, -0.05) is 44.2 Å². The van der Waals surface area contributed by atoms with Gasteiger partial charge in [-0.3, -0.25) is 24.0 Å². The maximum Gasteiger partial charge on any atom is 0.303 e. The molecule has 1 aliphatic heterocycles. The van der Waals surface area contributed by atoms with Gasteiger partial charge in [0.2, 0.25) is 12.4 Å². The van der Waals surface area contributed by atoms with E-state index in [0.717, 1.165) is 37.7 Å². The van der Waals surface area contributed by atoms with Crippen molar-refractivity contribution < 1.29 is 52.4 Å². The summed E-state index contributed by atoms with van der Waals surface area (Å²) < 4.78 is 33.1. The molecule has 0 radical (unpaired) electrons. The van der Waals surface area contributed by atoms with E-state index < -0.39 is 67.1 Å². The molecule has 41 heavy (non-hydrogen) atoms. The molecule has 0 bridgehead atoms. The van der Waals surface area contributed by atoms with E-state index in [1.54, 1.807) is 5.38 Å². The molecule has 5 atom stereocenters. The number of nitrogens with one attached hydrogen (secondary N) is 1. The third-order valence-electron chi connectivity index (χ3n) is 5.32. The molecule has 0 spiro atoms. The zero-order valence-corrected chi connectivity index (χ0v) is 24.6. The monoisotopic (exact) mass is 593 g/mol. The van der Waals surface area contributed by atoms with Crippen molar-refractivity contribution >= 4 is 41.1 Å². The zero-order valence-electron chi connectivity index (χ0n) is 23.7. The minimum atomic E-state index is -1.44. The number of hydrogen-bond acceptors (Lipinski definition) is 12. The fraction of sp³-hybridized carbons (Fsp3) is 0.464. The average Bonchev–Trinajstić information content (AvgIpc) is 3.39. The van der Waals surface area contributed by atoms with Gasteiger partial charge in [0.15, 0.2) is 12.2 Å². The van der Waals surface area contributed by atoms with E-state index in [-0.39, 0.29) is 17.2 Å². The van der Waals surface area contributed by atoms with Crippen molar-refractivity contribution in [1.82, 2.24) is 5.32 Å². The number of thiophene rings is 1. The molecule has 1 aromatic heterocycles. The van der Waals surface area contributed by atoms with Crippen molar-refractivity contribution in [3.63, 3.8) is 0 Å². The third kappa shape index (κ3) is 10.2. The number of benzene rings is 1. The summed E-state index contributed by atoms with van der Waals surface area (Å²) in [4.78, 5) is 60.5. The van der Waals surface area contributed by atoms with Gasteiger partial charge in [-0.2, -0.15) is 0 Å². The number of amides is 1. The molecular weight excluding hydrogens is 558 g/mol. The first kappa shape index (κ1) is 33.2. The topological polar surface area (TPSA) is 153 Å². The molecule has 2 heterocycles. The summed E-state index contributed by atoms with van der Waals surface area (Å²) in [6.45, 7) is 8.43. The molecule has 5 unspecified atom stereocenters. The van der Waals surface area contributed by atoms with E-state index in [1.165, 1.54) is 13.0 Å².